The molecule has 51 heavy (non-hydrogen) atoms. The van der Waals surface area contributed by atoms with Crippen LogP contribution in [-0.2, 0) is 27.7 Å². The first-order valence-electron chi connectivity index (χ1n) is 17.4. The highest BCUT2D eigenvalue weighted by atomic mass is 19.1. The van der Waals surface area contributed by atoms with Gasteiger partial charge >= 0.3 is 5.97 Å². The molecule has 8 rings (SSSR count). The first kappa shape index (κ1) is 33.0. The molecule has 1 fully saturated rings. The minimum atomic E-state index is -1.30. The van der Waals surface area contributed by atoms with Gasteiger partial charge in [-0.25, -0.2) is 14.2 Å². The molecule has 1 atom stereocenters. The monoisotopic (exact) mass is 689 g/mol. The second-order valence-electron chi connectivity index (χ2n) is 14.1. The molecule has 10 nitrogen and oxygen atoms in total. The second kappa shape index (κ2) is 12.9. The highest BCUT2D eigenvalue weighted by Gasteiger charge is 2.32. The van der Waals surface area contributed by atoms with Crippen LogP contribution in [0, 0.1) is 25.6 Å². The van der Waals surface area contributed by atoms with Crippen LogP contribution >= 0.6 is 0 Å². The molecule has 1 unspecified atom stereocenters. The summed E-state index contributed by atoms with van der Waals surface area (Å²) in [5.74, 6) is -1.21. The molecule has 1 N–H and O–H groups in total. The van der Waals surface area contributed by atoms with E-state index in [0.717, 1.165) is 51.0 Å². The Labute approximate surface area is 294 Å². The van der Waals surface area contributed by atoms with E-state index in [1.165, 1.54) is 6.07 Å². The van der Waals surface area contributed by atoms with Crippen molar-refractivity contribution in [1.82, 2.24) is 24.3 Å². The van der Waals surface area contributed by atoms with Crippen molar-refractivity contribution in [2.45, 2.75) is 52.7 Å². The third-order valence-electron chi connectivity index (χ3n) is 10.1. The summed E-state index contributed by atoms with van der Waals surface area (Å²) in [5, 5.41) is 17.0. The maximum absolute atomic E-state index is 15.8. The second-order valence-corrected chi connectivity index (χ2v) is 14.1. The van der Waals surface area contributed by atoms with Gasteiger partial charge in [0.15, 0.2) is 17.7 Å². The Bertz CT molecular complexity index is 2340. The molecule has 0 aliphatic carbocycles. The molecule has 262 valence electrons. The van der Waals surface area contributed by atoms with E-state index in [1.807, 2.05) is 67.4 Å². The molecule has 6 aromatic rings. The lowest BCUT2D eigenvalue weighted by Gasteiger charge is -2.25. The van der Waals surface area contributed by atoms with Gasteiger partial charge in [0.2, 0.25) is 0 Å². The summed E-state index contributed by atoms with van der Waals surface area (Å²) >= 11 is 0. The predicted octanol–water partition coefficient (Wildman–Crippen LogP) is 7.77. The quantitative estimate of drug-likeness (QED) is 0.164. The number of pyridine rings is 2. The van der Waals surface area contributed by atoms with Gasteiger partial charge in [-0.15, -0.1) is 0 Å². The van der Waals surface area contributed by atoms with Crippen molar-refractivity contribution in [2.24, 2.45) is 13.0 Å². The van der Waals surface area contributed by atoms with Gasteiger partial charge in [0.1, 0.15) is 5.65 Å². The Balaban J connectivity index is 1.30. The normalized spacial score (nSPS) is 15.3. The zero-order valence-electron chi connectivity index (χ0n) is 29.4. The number of carboxylic acid groups (broad SMARTS) is 1. The molecule has 0 saturated carbocycles. The SMILES string of the molecule is Cc1nc2c(cc(-c3ccnc(-c4ccc5nn(C6COC6)cc5c4)c3)n2C)c(-c2cc(F)c3c(c2C)CCCO3)c1C(OCC(C)C)C(=O)O. The van der Waals surface area contributed by atoms with Gasteiger partial charge in [0.25, 0.3) is 0 Å². The van der Waals surface area contributed by atoms with Gasteiger partial charge in [-0.3, -0.25) is 9.67 Å². The lowest BCUT2D eigenvalue weighted by molar-refractivity contribution is -0.151. The first-order chi connectivity index (χ1) is 24.6. The fraction of sp³-hybridized carbons (Fsp3) is 0.350. The number of nitrogens with zero attached hydrogens (tertiary/aromatic N) is 5. The summed E-state index contributed by atoms with van der Waals surface area (Å²) in [4.78, 5) is 22.6. The van der Waals surface area contributed by atoms with Crippen molar-refractivity contribution >= 4 is 27.9 Å². The van der Waals surface area contributed by atoms with Gasteiger partial charge in [-0.1, -0.05) is 19.9 Å². The number of aromatic nitrogens is 5. The van der Waals surface area contributed by atoms with E-state index in [4.69, 9.17) is 29.3 Å². The predicted molar refractivity (Wildman–Crippen MR) is 192 cm³/mol. The van der Waals surface area contributed by atoms with Crippen LogP contribution < -0.4 is 4.74 Å². The van der Waals surface area contributed by atoms with Crippen LogP contribution in [0.5, 0.6) is 5.75 Å². The highest BCUT2D eigenvalue weighted by molar-refractivity contribution is 6.01. The maximum Gasteiger partial charge on any atom is 0.337 e. The van der Waals surface area contributed by atoms with Gasteiger partial charge in [-0.05, 0) is 80.1 Å². The Morgan fingerprint density at radius 3 is 2.69 bits per heavy atom. The molecule has 1 saturated heterocycles. The molecule has 0 radical (unpaired) electrons. The van der Waals surface area contributed by atoms with Gasteiger partial charge < -0.3 is 23.9 Å². The van der Waals surface area contributed by atoms with Crippen molar-refractivity contribution in [2.75, 3.05) is 26.4 Å². The Morgan fingerprint density at radius 2 is 1.94 bits per heavy atom. The van der Waals surface area contributed by atoms with Crippen LogP contribution in [0.15, 0.2) is 54.9 Å². The lowest BCUT2D eigenvalue weighted by atomic mass is 9.86. The number of aliphatic carboxylic acids is 1. The number of aryl methyl sites for hydroxylation is 2. The molecule has 2 aliphatic rings. The van der Waals surface area contributed by atoms with Crippen LogP contribution in [0.3, 0.4) is 0 Å². The fourth-order valence-electron chi connectivity index (χ4n) is 7.34. The lowest BCUT2D eigenvalue weighted by Crippen LogP contribution is -2.30. The number of fused-ring (bicyclic) bond motifs is 3. The van der Waals surface area contributed by atoms with E-state index in [0.29, 0.717) is 59.7 Å². The number of rotatable bonds is 9. The average Bonchev–Trinajstić information content (AvgIpc) is 3.65. The summed E-state index contributed by atoms with van der Waals surface area (Å²) in [6.45, 7) is 9.74. The minimum absolute atomic E-state index is 0.103. The smallest absolute Gasteiger partial charge is 0.337 e. The third-order valence-corrected chi connectivity index (χ3v) is 10.1. The summed E-state index contributed by atoms with van der Waals surface area (Å²) in [5.41, 5.74) is 8.87. The molecule has 2 aromatic carbocycles. The van der Waals surface area contributed by atoms with E-state index >= 15 is 4.39 Å². The van der Waals surface area contributed by atoms with Gasteiger partial charge in [0, 0.05) is 63.7 Å². The van der Waals surface area contributed by atoms with Crippen molar-refractivity contribution in [3.8, 4) is 39.4 Å². The summed E-state index contributed by atoms with van der Waals surface area (Å²) in [6, 6.07) is 13.9. The van der Waals surface area contributed by atoms with Crippen molar-refractivity contribution in [3.63, 3.8) is 0 Å². The van der Waals surface area contributed by atoms with E-state index < -0.39 is 17.9 Å². The molecule has 0 bridgehead atoms. The van der Waals surface area contributed by atoms with Gasteiger partial charge in [0.05, 0.1) is 49.4 Å². The van der Waals surface area contributed by atoms with Gasteiger partial charge in [-0.2, -0.15) is 5.10 Å². The highest BCUT2D eigenvalue weighted by Crippen LogP contribution is 2.45. The summed E-state index contributed by atoms with van der Waals surface area (Å²) in [7, 11) is 1.94. The number of hydrogen-bond acceptors (Lipinski definition) is 7. The number of hydrogen-bond donors (Lipinski definition) is 1. The molecule has 6 heterocycles. The maximum atomic E-state index is 15.8. The number of carbonyl (C=O) groups is 1. The molecule has 2 aliphatic heterocycles. The Morgan fingerprint density at radius 1 is 1.12 bits per heavy atom. The topological polar surface area (TPSA) is 114 Å². The Kier molecular flexibility index (Phi) is 8.35. The Hall–Kier alpha value is -5.13. The van der Waals surface area contributed by atoms with Crippen molar-refractivity contribution in [3.05, 3.63) is 83.1 Å². The van der Waals surface area contributed by atoms with E-state index in [2.05, 4.69) is 12.3 Å². The van der Waals surface area contributed by atoms with E-state index in [-0.39, 0.29) is 24.3 Å². The number of halogens is 1. The standard InChI is InChI=1S/C40H40FN5O5/c1-21(2)18-51-38(40(47)48)35-23(4)43-39-30(36(35)29-15-31(41)37-28(22(29)3)7-6-12-50-37)16-34(45(39)5)25-10-11-42-33(14-25)24-8-9-32-26(13-24)17-46(44-32)27-19-49-20-27/h8-11,13-17,21,27,38H,6-7,12,18-20H2,1-5H3,(H,47,48). The molecular weight excluding hydrogens is 649 g/mol. The van der Waals surface area contributed by atoms with Crippen molar-refractivity contribution < 1.29 is 28.5 Å². The minimum Gasteiger partial charge on any atom is -0.490 e. The zero-order chi connectivity index (χ0) is 35.6. The van der Waals surface area contributed by atoms with Crippen LogP contribution in [0.25, 0.3) is 55.6 Å². The van der Waals surface area contributed by atoms with Crippen LogP contribution in [0.4, 0.5) is 4.39 Å². The number of carboxylic acids is 1. The van der Waals surface area contributed by atoms with E-state index in [9.17, 15) is 9.90 Å². The molecule has 0 amide bonds. The van der Waals surface area contributed by atoms with E-state index in [1.54, 1.807) is 13.1 Å². The third kappa shape index (κ3) is 5.74. The molecule has 11 heteroatoms. The first-order valence-corrected chi connectivity index (χ1v) is 17.4. The van der Waals surface area contributed by atoms with Crippen LogP contribution in [-0.4, -0.2) is 61.8 Å². The number of benzene rings is 2. The summed E-state index contributed by atoms with van der Waals surface area (Å²) < 4.78 is 37.0. The number of ether oxygens (including phenoxy) is 3. The van der Waals surface area contributed by atoms with Crippen LogP contribution in [0.2, 0.25) is 0 Å². The van der Waals surface area contributed by atoms with Crippen molar-refractivity contribution in [1.29, 1.82) is 0 Å². The zero-order valence-corrected chi connectivity index (χ0v) is 29.4. The molecule has 0 spiro atoms. The molecule has 4 aromatic heterocycles. The molecular formula is C40H40FN5O5. The largest absolute Gasteiger partial charge is 0.490 e. The average molecular weight is 690 g/mol. The summed E-state index contributed by atoms with van der Waals surface area (Å²) in [6.07, 6.45) is 3.98. The fourth-order valence-corrected chi connectivity index (χ4v) is 7.34. The van der Waals surface area contributed by atoms with Crippen LogP contribution in [0.1, 0.15) is 54.8 Å².